The maximum atomic E-state index is 10.9. The van der Waals surface area contributed by atoms with E-state index in [0.717, 1.165) is 16.4 Å². The average Bonchev–Trinajstić information content (AvgIpc) is 2.70. The zero-order valence-corrected chi connectivity index (χ0v) is 11.3. The molecule has 14 heavy (non-hydrogen) atoms. The fourth-order valence-electron chi connectivity index (χ4n) is 2.07. The summed E-state index contributed by atoms with van der Waals surface area (Å²) < 4.78 is 6.59. The summed E-state index contributed by atoms with van der Waals surface area (Å²) in [6.45, 7) is 6.68. The van der Waals surface area contributed by atoms with Gasteiger partial charge in [-0.05, 0) is 0 Å². The monoisotopic (exact) mass is 256 g/mol. The first-order valence-electron chi connectivity index (χ1n) is 5.27. The first-order chi connectivity index (χ1) is 6.74. The topological polar surface area (TPSA) is 30.2 Å². The van der Waals surface area contributed by atoms with Crippen molar-refractivity contribution in [3.63, 3.8) is 0 Å². The van der Waals surface area contributed by atoms with Crippen molar-refractivity contribution in [1.29, 1.82) is 0 Å². The van der Waals surface area contributed by atoms with Crippen molar-refractivity contribution < 1.29 is 9.21 Å². The Morgan fingerprint density at radius 3 is 2.29 bits per heavy atom. The minimum absolute atomic E-state index is 0.788. The van der Waals surface area contributed by atoms with Gasteiger partial charge in [0.25, 0.3) is 0 Å². The number of aldehydes is 1. The molecule has 0 unspecified atom stereocenters. The zero-order valence-electron chi connectivity index (χ0n) is 9.17. The second-order valence-corrected chi connectivity index (χ2v) is 14.4. The molecule has 0 spiro atoms. The van der Waals surface area contributed by atoms with Crippen LogP contribution in [0.15, 0.2) is 16.7 Å². The van der Waals surface area contributed by atoms with E-state index in [0.29, 0.717) is 0 Å². The van der Waals surface area contributed by atoms with E-state index >= 15 is 0 Å². The Labute approximate surface area is 88.0 Å². The van der Waals surface area contributed by atoms with Crippen LogP contribution in [0.1, 0.15) is 31.1 Å². The SMILES string of the molecule is C[CH2][Ge]([CH2]C)([CH2]C)[c]1occc1C=O. The van der Waals surface area contributed by atoms with Gasteiger partial charge in [-0.2, -0.15) is 0 Å². The van der Waals surface area contributed by atoms with Gasteiger partial charge in [0, 0.05) is 0 Å². The van der Waals surface area contributed by atoms with Crippen molar-refractivity contribution in [2.24, 2.45) is 0 Å². The number of furan rings is 1. The molecule has 1 aromatic rings. The van der Waals surface area contributed by atoms with Crippen molar-refractivity contribution in [2.45, 2.75) is 36.5 Å². The molecule has 1 rings (SSSR count). The summed E-state index contributed by atoms with van der Waals surface area (Å²) in [4.78, 5) is 10.9. The number of carbonyl (C=O) groups excluding carboxylic acids is 1. The van der Waals surface area contributed by atoms with Crippen LogP contribution in [-0.4, -0.2) is 19.6 Å². The molecule has 78 valence electrons. The fraction of sp³-hybridized carbons (Fsp3) is 0.545. The van der Waals surface area contributed by atoms with Gasteiger partial charge in [-0.3, -0.25) is 0 Å². The first kappa shape index (κ1) is 11.6. The Morgan fingerprint density at radius 1 is 1.29 bits per heavy atom. The van der Waals surface area contributed by atoms with Gasteiger partial charge in [0.15, 0.2) is 0 Å². The third-order valence-electron chi connectivity index (χ3n) is 3.33. The van der Waals surface area contributed by atoms with E-state index in [4.69, 9.17) is 4.42 Å². The third kappa shape index (κ3) is 1.80. The van der Waals surface area contributed by atoms with Gasteiger partial charge in [0.2, 0.25) is 0 Å². The summed E-state index contributed by atoms with van der Waals surface area (Å²) >= 11 is -2.05. The third-order valence-corrected chi connectivity index (χ3v) is 14.7. The van der Waals surface area contributed by atoms with Crippen molar-refractivity contribution in [1.82, 2.24) is 0 Å². The van der Waals surface area contributed by atoms with Gasteiger partial charge < -0.3 is 0 Å². The van der Waals surface area contributed by atoms with Crippen LogP contribution in [0.4, 0.5) is 0 Å². The summed E-state index contributed by atoms with van der Waals surface area (Å²) in [5, 5.41) is 3.59. The second-order valence-electron chi connectivity index (χ2n) is 3.66. The molecular weight excluding hydrogens is 237 g/mol. The van der Waals surface area contributed by atoms with Crippen molar-refractivity contribution in [3.05, 3.63) is 17.9 Å². The minimum atomic E-state index is -2.05. The van der Waals surface area contributed by atoms with Crippen molar-refractivity contribution in [3.8, 4) is 0 Å². The molecule has 2 nitrogen and oxygen atoms in total. The number of hydrogen-bond acceptors (Lipinski definition) is 2. The van der Waals surface area contributed by atoms with Crippen molar-refractivity contribution in [2.75, 3.05) is 0 Å². The summed E-state index contributed by atoms with van der Waals surface area (Å²) in [6, 6.07) is 1.79. The quantitative estimate of drug-likeness (QED) is 0.598. The molecular formula is C11H18GeO2. The maximum absolute atomic E-state index is 10.9. The van der Waals surface area contributed by atoms with Crippen LogP contribution in [-0.2, 0) is 0 Å². The van der Waals surface area contributed by atoms with Crippen molar-refractivity contribution >= 4 is 24.1 Å². The zero-order chi connectivity index (χ0) is 10.6. The molecule has 0 saturated carbocycles. The van der Waals surface area contributed by atoms with Crippen LogP contribution in [0.5, 0.6) is 0 Å². The Balaban J connectivity index is 3.16. The predicted molar refractivity (Wildman–Crippen MR) is 60.9 cm³/mol. The molecule has 0 fully saturated rings. The molecule has 0 aliphatic rings. The summed E-state index contributed by atoms with van der Waals surface area (Å²) in [6.07, 6.45) is 2.58. The van der Waals surface area contributed by atoms with Gasteiger partial charge in [0.1, 0.15) is 0 Å². The predicted octanol–water partition coefficient (Wildman–Crippen LogP) is 2.81. The summed E-state index contributed by atoms with van der Waals surface area (Å²) in [5.74, 6) is 0. The Bertz CT molecular complexity index is 292. The van der Waals surface area contributed by atoms with E-state index in [9.17, 15) is 4.79 Å². The molecule has 0 amide bonds. The number of carbonyl (C=O) groups is 1. The van der Waals surface area contributed by atoms with Crippen LogP contribution >= 0.6 is 0 Å². The molecule has 0 atom stereocenters. The van der Waals surface area contributed by atoms with E-state index in [1.54, 1.807) is 12.3 Å². The standard InChI is InChI=1S/C11H18GeO2/c1-4-12(5-2,6-3)11-10(9-13)7-8-14-11/h7-9H,4-6H2,1-3H3. The normalized spacial score (nSPS) is 11.6. The van der Waals surface area contributed by atoms with E-state index in [-0.39, 0.29) is 0 Å². The number of hydrogen-bond donors (Lipinski definition) is 0. The van der Waals surface area contributed by atoms with Gasteiger partial charge in [-0.25, -0.2) is 0 Å². The summed E-state index contributed by atoms with van der Waals surface area (Å²) in [5.41, 5.74) is 0.788. The Hall–Kier alpha value is -0.507. The van der Waals surface area contributed by atoms with E-state index < -0.39 is 13.3 Å². The molecule has 0 aliphatic heterocycles. The number of rotatable bonds is 5. The second kappa shape index (κ2) is 4.83. The van der Waals surface area contributed by atoms with E-state index in [2.05, 4.69) is 20.8 Å². The molecule has 0 N–H and O–H groups in total. The molecule has 0 aromatic carbocycles. The van der Waals surface area contributed by atoms with Crippen LogP contribution in [0.2, 0.25) is 15.8 Å². The molecule has 1 aromatic heterocycles. The first-order valence-corrected chi connectivity index (χ1v) is 10.8. The average molecular weight is 255 g/mol. The fourth-order valence-corrected chi connectivity index (χ4v) is 9.49. The molecule has 0 bridgehead atoms. The molecule has 0 radical (unpaired) electrons. The van der Waals surface area contributed by atoms with Gasteiger partial charge in [-0.15, -0.1) is 0 Å². The van der Waals surface area contributed by atoms with Crippen LogP contribution in [0.25, 0.3) is 0 Å². The Kier molecular flexibility index (Phi) is 3.99. The van der Waals surface area contributed by atoms with Gasteiger partial charge in [-0.1, -0.05) is 0 Å². The summed E-state index contributed by atoms with van der Waals surface area (Å²) in [7, 11) is 0. The van der Waals surface area contributed by atoms with Gasteiger partial charge >= 0.3 is 87.8 Å². The molecule has 0 saturated heterocycles. The Morgan fingerprint density at radius 2 is 1.86 bits per heavy atom. The molecule has 1 heterocycles. The molecule has 0 aliphatic carbocycles. The van der Waals surface area contributed by atoms with Crippen LogP contribution < -0.4 is 4.59 Å². The van der Waals surface area contributed by atoms with E-state index in [1.807, 2.05) is 0 Å². The van der Waals surface area contributed by atoms with Gasteiger partial charge in [0.05, 0.1) is 0 Å². The van der Waals surface area contributed by atoms with Crippen LogP contribution in [0.3, 0.4) is 0 Å². The molecule has 3 heteroatoms. The van der Waals surface area contributed by atoms with E-state index in [1.165, 1.54) is 15.8 Å². The van der Waals surface area contributed by atoms with Crippen LogP contribution in [0, 0.1) is 0 Å².